The molecule has 2 aromatic carbocycles. The fraction of sp³-hybridized carbons (Fsp3) is 0.457. The average Bonchev–Trinajstić information content (AvgIpc) is 3.81. The average molecular weight is 607 g/mol. The van der Waals surface area contributed by atoms with Crippen molar-refractivity contribution in [3.8, 4) is 35.4 Å². The Morgan fingerprint density at radius 1 is 1.18 bits per heavy atom. The second kappa shape index (κ2) is 10.2. The lowest BCUT2D eigenvalue weighted by atomic mass is 9.90. The first-order valence-electron chi connectivity index (χ1n) is 16.1. The van der Waals surface area contributed by atoms with Crippen LogP contribution in [-0.2, 0) is 4.74 Å². The number of terminal acetylenes is 1. The Morgan fingerprint density at radius 2 is 2.04 bits per heavy atom. The summed E-state index contributed by atoms with van der Waals surface area (Å²) in [5, 5.41) is 16.2. The molecule has 0 radical (unpaired) electrons. The molecule has 0 saturated carbocycles. The summed E-state index contributed by atoms with van der Waals surface area (Å²) in [6.45, 7) is 4.63. The van der Waals surface area contributed by atoms with Gasteiger partial charge in [0.05, 0.1) is 24.1 Å². The maximum Gasteiger partial charge on any atom is 0.319 e. The zero-order valence-electron chi connectivity index (χ0n) is 25.0. The van der Waals surface area contributed by atoms with Gasteiger partial charge in [-0.25, -0.2) is 4.39 Å². The number of halogens is 1. The molecule has 7 heterocycles. The number of fused-ring (bicyclic) bond motifs is 7. The van der Waals surface area contributed by atoms with E-state index in [4.69, 9.17) is 25.9 Å². The molecule has 230 valence electrons. The van der Waals surface area contributed by atoms with E-state index in [-0.39, 0.29) is 28.5 Å². The van der Waals surface area contributed by atoms with E-state index in [1.54, 1.807) is 12.3 Å². The molecule has 5 aliphatic rings. The van der Waals surface area contributed by atoms with Gasteiger partial charge in [-0.2, -0.15) is 9.97 Å². The molecule has 4 aromatic rings. The van der Waals surface area contributed by atoms with Crippen LogP contribution < -0.4 is 15.0 Å². The smallest absolute Gasteiger partial charge is 0.319 e. The summed E-state index contributed by atoms with van der Waals surface area (Å²) in [6.07, 6.45) is 12.9. The first kappa shape index (κ1) is 27.3. The van der Waals surface area contributed by atoms with Crippen LogP contribution in [0.1, 0.15) is 37.7 Å². The van der Waals surface area contributed by atoms with Gasteiger partial charge in [-0.1, -0.05) is 18.1 Å². The van der Waals surface area contributed by atoms with E-state index in [1.807, 2.05) is 18.2 Å². The number of phenolic OH excluding ortho intramolecular Hbond substituents is 1. The van der Waals surface area contributed by atoms with Crippen LogP contribution in [0.15, 0.2) is 36.5 Å². The van der Waals surface area contributed by atoms with Gasteiger partial charge in [0, 0.05) is 59.8 Å². The molecular weight excluding hydrogens is 571 g/mol. The summed E-state index contributed by atoms with van der Waals surface area (Å²) in [4.78, 5) is 19.1. The SMILES string of the molecule is C#Cc1cccc2cc(O)cc(-c3ncc4c(N5CC6CCC(C5)N6)nc(OC[C@@]56CCCN5C5COC[C@@H]5C6)nc4c3F)c12. The van der Waals surface area contributed by atoms with Gasteiger partial charge in [0.25, 0.3) is 0 Å². The molecule has 0 spiro atoms. The minimum absolute atomic E-state index is 0.00348. The molecule has 9 rings (SSSR count). The molecule has 45 heavy (non-hydrogen) atoms. The number of aromatic nitrogens is 3. The van der Waals surface area contributed by atoms with E-state index in [0.717, 1.165) is 65.0 Å². The van der Waals surface area contributed by atoms with Crippen LogP contribution >= 0.6 is 0 Å². The number of phenols is 1. The van der Waals surface area contributed by atoms with Gasteiger partial charge in [0.15, 0.2) is 5.82 Å². The van der Waals surface area contributed by atoms with E-state index >= 15 is 4.39 Å². The number of nitrogens with zero attached hydrogens (tertiary/aromatic N) is 5. The van der Waals surface area contributed by atoms with Crippen LogP contribution in [0.3, 0.4) is 0 Å². The van der Waals surface area contributed by atoms with Crippen molar-refractivity contribution in [2.75, 3.05) is 44.4 Å². The third-order valence-electron chi connectivity index (χ3n) is 10.9. The predicted octanol–water partition coefficient (Wildman–Crippen LogP) is 4.24. The number of piperazine rings is 1. The number of ether oxygens (including phenoxy) is 2. The highest BCUT2D eigenvalue weighted by molar-refractivity contribution is 6.02. The molecular formula is C35H35FN6O3. The quantitative estimate of drug-likeness (QED) is 0.324. The van der Waals surface area contributed by atoms with Crippen molar-refractivity contribution in [1.29, 1.82) is 0 Å². The maximum atomic E-state index is 16.9. The van der Waals surface area contributed by atoms with E-state index < -0.39 is 5.82 Å². The zero-order valence-corrected chi connectivity index (χ0v) is 25.0. The second-order valence-electron chi connectivity index (χ2n) is 13.5. The molecule has 2 N–H and O–H groups in total. The molecule has 5 aliphatic heterocycles. The van der Waals surface area contributed by atoms with Crippen LogP contribution in [-0.4, -0.2) is 88.1 Å². The van der Waals surface area contributed by atoms with Gasteiger partial charge in [0.2, 0.25) is 0 Å². The van der Waals surface area contributed by atoms with E-state index in [1.165, 1.54) is 6.07 Å². The molecule has 5 saturated heterocycles. The lowest BCUT2D eigenvalue weighted by Gasteiger charge is -2.35. The fourth-order valence-corrected chi connectivity index (χ4v) is 8.93. The summed E-state index contributed by atoms with van der Waals surface area (Å²) in [6, 6.07) is 9.96. The van der Waals surface area contributed by atoms with Crippen molar-refractivity contribution in [3.63, 3.8) is 0 Å². The van der Waals surface area contributed by atoms with Gasteiger partial charge in [-0.05, 0) is 62.2 Å². The summed E-state index contributed by atoms with van der Waals surface area (Å²) in [7, 11) is 0. The molecule has 5 fully saturated rings. The summed E-state index contributed by atoms with van der Waals surface area (Å²) in [5.41, 5.74) is 1.17. The normalized spacial score (nSPS) is 28.9. The largest absolute Gasteiger partial charge is 0.508 e. The number of anilines is 1. The number of aromatic hydroxyl groups is 1. The highest BCUT2D eigenvalue weighted by atomic mass is 19.1. The molecule has 2 aromatic heterocycles. The van der Waals surface area contributed by atoms with Crippen LogP contribution in [0, 0.1) is 24.1 Å². The topological polar surface area (TPSA) is 95.9 Å². The predicted molar refractivity (Wildman–Crippen MR) is 169 cm³/mol. The molecule has 10 heteroatoms. The van der Waals surface area contributed by atoms with Gasteiger partial charge >= 0.3 is 6.01 Å². The maximum absolute atomic E-state index is 16.9. The van der Waals surface area contributed by atoms with Gasteiger partial charge in [-0.15, -0.1) is 6.42 Å². The third kappa shape index (κ3) is 4.28. The van der Waals surface area contributed by atoms with Gasteiger partial charge < -0.3 is 24.8 Å². The fourth-order valence-electron chi connectivity index (χ4n) is 8.93. The van der Waals surface area contributed by atoms with Crippen molar-refractivity contribution in [3.05, 3.63) is 47.9 Å². The van der Waals surface area contributed by atoms with Gasteiger partial charge in [-0.3, -0.25) is 9.88 Å². The molecule has 0 aliphatic carbocycles. The molecule has 0 amide bonds. The lowest BCUT2D eigenvalue weighted by molar-refractivity contribution is 0.0582. The number of benzene rings is 2. The Kier molecular flexibility index (Phi) is 6.21. The minimum Gasteiger partial charge on any atom is -0.508 e. The van der Waals surface area contributed by atoms with Crippen LogP contribution in [0.2, 0.25) is 0 Å². The molecule has 5 atom stereocenters. The molecule has 9 nitrogen and oxygen atoms in total. The standard InChI is InChI=1S/C35H35FN6O3/c1-2-20-5-3-6-21-11-25(43)12-26(29(20)21)31-30(36)32-27(14-37-31)33(41-15-23-7-8-24(16-41)38-23)40-34(39-32)45-19-35-9-4-10-42(35)28-18-44-17-22(28)13-35/h1,3,5-6,11-12,14,22-24,28,38,43H,4,7-10,13,15-19H2/t22-,23?,24?,28?,35-/m0/s1. The van der Waals surface area contributed by atoms with Crippen molar-refractivity contribution in [2.45, 2.75) is 55.8 Å². The number of rotatable bonds is 5. The summed E-state index contributed by atoms with van der Waals surface area (Å²) >= 11 is 0. The monoisotopic (exact) mass is 606 g/mol. The highest BCUT2D eigenvalue weighted by Gasteiger charge is 2.56. The van der Waals surface area contributed by atoms with Crippen molar-refractivity contribution < 1.29 is 19.0 Å². The first-order valence-corrected chi connectivity index (χ1v) is 16.1. The third-order valence-corrected chi connectivity index (χ3v) is 10.9. The Hall–Kier alpha value is -4.04. The van der Waals surface area contributed by atoms with Crippen LogP contribution in [0.5, 0.6) is 11.8 Å². The zero-order chi connectivity index (χ0) is 30.3. The van der Waals surface area contributed by atoms with Crippen molar-refractivity contribution in [2.24, 2.45) is 5.92 Å². The molecule has 3 unspecified atom stereocenters. The van der Waals surface area contributed by atoms with E-state index in [2.05, 4.69) is 26.0 Å². The lowest BCUT2D eigenvalue weighted by Crippen LogP contribution is -2.51. The van der Waals surface area contributed by atoms with Crippen LogP contribution in [0.4, 0.5) is 10.2 Å². The number of hydrogen-bond donors (Lipinski definition) is 2. The molecule has 2 bridgehead atoms. The Bertz CT molecular complexity index is 1880. The number of pyridine rings is 1. The van der Waals surface area contributed by atoms with E-state index in [0.29, 0.717) is 63.8 Å². The number of hydrogen-bond acceptors (Lipinski definition) is 9. The van der Waals surface area contributed by atoms with Crippen molar-refractivity contribution in [1.82, 2.24) is 25.2 Å². The van der Waals surface area contributed by atoms with Gasteiger partial charge in [0.1, 0.15) is 29.4 Å². The minimum atomic E-state index is -0.592. The van der Waals surface area contributed by atoms with E-state index in [9.17, 15) is 5.11 Å². The Morgan fingerprint density at radius 3 is 2.89 bits per heavy atom. The number of nitrogens with one attached hydrogen (secondary N) is 1. The summed E-state index contributed by atoms with van der Waals surface area (Å²) < 4.78 is 29.2. The Labute approximate surface area is 260 Å². The van der Waals surface area contributed by atoms with Crippen molar-refractivity contribution >= 4 is 27.5 Å². The summed E-state index contributed by atoms with van der Waals surface area (Å²) in [5.74, 6) is 3.29. The second-order valence-corrected chi connectivity index (χ2v) is 13.5. The Balaban J connectivity index is 1.16. The highest BCUT2D eigenvalue weighted by Crippen LogP contribution is 2.48. The first-order chi connectivity index (χ1) is 22.0. The van der Waals surface area contributed by atoms with Crippen LogP contribution in [0.25, 0.3) is 32.9 Å².